The normalized spacial score (nSPS) is 17.6. The number of benzene rings is 2. The third kappa shape index (κ3) is 5.35. The average molecular weight is 439 g/mol. The third-order valence-electron chi connectivity index (χ3n) is 6.10. The highest BCUT2D eigenvalue weighted by Gasteiger charge is 2.34. The number of rotatable bonds is 8. The third-order valence-corrected chi connectivity index (χ3v) is 7.39. The highest BCUT2D eigenvalue weighted by Crippen LogP contribution is 2.36. The molecule has 1 N–H and O–H groups in total. The van der Waals surface area contributed by atoms with E-state index < -0.39 is 5.97 Å². The van der Waals surface area contributed by atoms with E-state index >= 15 is 0 Å². The van der Waals surface area contributed by atoms with E-state index in [4.69, 9.17) is 4.74 Å². The Kier molecular flexibility index (Phi) is 7.88. The smallest absolute Gasteiger partial charge is 0.342 e. The van der Waals surface area contributed by atoms with Crippen molar-refractivity contribution in [1.82, 2.24) is 0 Å². The van der Waals surface area contributed by atoms with Gasteiger partial charge in [0.05, 0.1) is 0 Å². The zero-order valence-electron chi connectivity index (χ0n) is 19.3. The van der Waals surface area contributed by atoms with Gasteiger partial charge in [0.25, 0.3) is 0 Å². The average Bonchev–Trinajstić information content (AvgIpc) is 2.77. The summed E-state index contributed by atoms with van der Waals surface area (Å²) in [5, 5.41) is 11.0. The van der Waals surface area contributed by atoms with Crippen molar-refractivity contribution in [2.45, 2.75) is 71.3 Å². The van der Waals surface area contributed by atoms with Gasteiger partial charge in [-0.2, -0.15) is 0 Å². The number of carbonyl (C=O) groups is 1. The van der Waals surface area contributed by atoms with Gasteiger partial charge in [-0.15, -0.1) is 11.8 Å². The van der Waals surface area contributed by atoms with Gasteiger partial charge in [0.2, 0.25) is 0 Å². The lowest BCUT2D eigenvalue weighted by Crippen LogP contribution is -2.32. The van der Waals surface area contributed by atoms with Gasteiger partial charge < -0.3 is 9.84 Å². The molecule has 0 radical (unpaired) electrons. The molecule has 4 heteroatoms. The number of ether oxygens (including phenoxy) is 1. The van der Waals surface area contributed by atoms with Crippen LogP contribution in [0.5, 0.6) is 0 Å². The Labute approximate surface area is 190 Å². The first-order valence-corrected chi connectivity index (χ1v) is 12.3. The van der Waals surface area contributed by atoms with Crippen molar-refractivity contribution in [3.8, 4) is 0 Å². The van der Waals surface area contributed by atoms with E-state index in [9.17, 15) is 9.90 Å². The molecule has 0 aliphatic carbocycles. The van der Waals surface area contributed by atoms with Gasteiger partial charge in [0.15, 0.2) is 0 Å². The Balaban J connectivity index is 1.82. The van der Waals surface area contributed by atoms with Crippen LogP contribution in [0, 0.1) is 12.8 Å². The number of hydrogen-bond donors (Lipinski definition) is 1. The van der Waals surface area contributed by atoms with Gasteiger partial charge in [-0.1, -0.05) is 57.5 Å². The maximum absolute atomic E-state index is 13.1. The predicted molar refractivity (Wildman–Crippen MR) is 130 cm³/mol. The number of cyclic esters (lactones) is 1. The minimum absolute atomic E-state index is 0.137. The summed E-state index contributed by atoms with van der Waals surface area (Å²) in [5.74, 6) is 0.740. The van der Waals surface area contributed by atoms with Crippen LogP contribution >= 0.6 is 11.8 Å². The van der Waals surface area contributed by atoms with Crippen molar-refractivity contribution in [2.75, 3.05) is 5.75 Å². The van der Waals surface area contributed by atoms with E-state index in [2.05, 4.69) is 71.0 Å². The van der Waals surface area contributed by atoms with E-state index in [1.807, 2.05) is 0 Å². The Morgan fingerprint density at radius 3 is 2.19 bits per heavy atom. The van der Waals surface area contributed by atoms with Crippen LogP contribution < -0.4 is 0 Å². The van der Waals surface area contributed by atoms with Crippen molar-refractivity contribution in [2.24, 2.45) is 5.92 Å². The topological polar surface area (TPSA) is 46.5 Å². The largest absolute Gasteiger partial charge is 0.511 e. The van der Waals surface area contributed by atoms with E-state index in [-0.39, 0.29) is 17.8 Å². The molecule has 1 aliphatic heterocycles. The molecule has 2 aromatic carbocycles. The Hall–Kier alpha value is -2.20. The number of aliphatic hydroxyl groups excluding tert-OH is 1. The number of carbonyl (C=O) groups excluding carboxylic acids is 1. The summed E-state index contributed by atoms with van der Waals surface area (Å²) >= 11 is 1.76. The van der Waals surface area contributed by atoms with Crippen molar-refractivity contribution >= 4 is 23.3 Å². The van der Waals surface area contributed by atoms with Gasteiger partial charge in [-0.05, 0) is 60.6 Å². The Morgan fingerprint density at radius 1 is 1.06 bits per heavy atom. The Bertz CT molecular complexity index is 934. The van der Waals surface area contributed by atoms with Crippen molar-refractivity contribution < 1.29 is 14.6 Å². The molecular weight excluding hydrogens is 404 g/mol. The van der Waals surface area contributed by atoms with Crippen molar-refractivity contribution in [3.63, 3.8) is 0 Å². The van der Waals surface area contributed by atoms with Crippen molar-refractivity contribution in [1.29, 1.82) is 0 Å². The lowest BCUT2D eigenvalue weighted by Gasteiger charge is -2.30. The van der Waals surface area contributed by atoms with E-state index in [1.54, 1.807) is 11.8 Å². The number of aryl methyl sites for hydroxylation is 4. The van der Waals surface area contributed by atoms with Gasteiger partial charge in [0.1, 0.15) is 17.4 Å². The molecule has 31 heavy (non-hydrogen) atoms. The first-order valence-electron chi connectivity index (χ1n) is 11.3. The SMILES string of the molecule is CCc1cc(CC)c(C2=C(O)CC(C(C)CSc3ccc(C)cc3)OC2=O)c(CC)c1. The molecule has 3 rings (SSSR count). The standard InChI is InChI=1S/C27H34O3S/c1-6-19-13-20(7-2)25(21(8-3)14-19)26-23(28)15-24(30-27(26)29)18(5)16-31-22-11-9-17(4)10-12-22/h9-14,18,24,28H,6-8,15-16H2,1-5H3. The number of esters is 1. The second-order valence-electron chi connectivity index (χ2n) is 8.42. The van der Waals surface area contributed by atoms with Gasteiger partial charge in [-0.3, -0.25) is 0 Å². The summed E-state index contributed by atoms with van der Waals surface area (Å²) in [4.78, 5) is 14.3. The van der Waals surface area contributed by atoms with E-state index in [0.717, 1.165) is 41.7 Å². The molecule has 2 atom stereocenters. The fourth-order valence-corrected chi connectivity index (χ4v) is 5.10. The molecule has 1 heterocycles. The fraction of sp³-hybridized carbons (Fsp3) is 0.444. The monoisotopic (exact) mass is 438 g/mol. The van der Waals surface area contributed by atoms with Crippen LogP contribution in [0.25, 0.3) is 5.57 Å². The summed E-state index contributed by atoms with van der Waals surface area (Å²) < 4.78 is 5.88. The minimum atomic E-state index is -0.394. The van der Waals surface area contributed by atoms with Crippen LogP contribution in [0.2, 0.25) is 0 Å². The lowest BCUT2D eigenvalue weighted by molar-refractivity contribution is -0.145. The maximum atomic E-state index is 13.1. The number of aliphatic hydroxyl groups is 1. The second kappa shape index (κ2) is 10.4. The van der Waals surface area contributed by atoms with Crippen LogP contribution in [-0.4, -0.2) is 22.9 Å². The summed E-state index contributed by atoms with van der Waals surface area (Å²) in [5.41, 5.74) is 5.97. The molecule has 2 aromatic rings. The molecule has 2 unspecified atom stereocenters. The summed E-state index contributed by atoms with van der Waals surface area (Å²) in [6, 6.07) is 12.8. The molecule has 0 fully saturated rings. The highest BCUT2D eigenvalue weighted by atomic mass is 32.2. The van der Waals surface area contributed by atoms with Crippen LogP contribution in [0.4, 0.5) is 0 Å². The predicted octanol–water partition coefficient (Wildman–Crippen LogP) is 6.70. The fourth-order valence-electron chi connectivity index (χ4n) is 4.10. The number of hydrogen-bond acceptors (Lipinski definition) is 4. The Morgan fingerprint density at radius 2 is 1.68 bits per heavy atom. The van der Waals surface area contributed by atoms with Crippen molar-refractivity contribution in [3.05, 3.63) is 70.0 Å². The van der Waals surface area contributed by atoms with E-state index in [0.29, 0.717) is 12.0 Å². The molecule has 3 nitrogen and oxygen atoms in total. The van der Waals surface area contributed by atoms with Gasteiger partial charge >= 0.3 is 5.97 Å². The highest BCUT2D eigenvalue weighted by molar-refractivity contribution is 7.99. The van der Waals surface area contributed by atoms with Gasteiger partial charge in [0, 0.05) is 23.0 Å². The maximum Gasteiger partial charge on any atom is 0.342 e. The first-order chi connectivity index (χ1) is 14.9. The van der Waals surface area contributed by atoms with Gasteiger partial charge in [-0.25, -0.2) is 4.79 Å². The molecule has 1 aliphatic rings. The van der Waals surface area contributed by atoms with Crippen LogP contribution in [0.3, 0.4) is 0 Å². The molecule has 0 spiro atoms. The molecule has 166 valence electrons. The molecule has 0 saturated heterocycles. The summed E-state index contributed by atoms with van der Waals surface area (Å²) in [6.07, 6.45) is 2.65. The second-order valence-corrected chi connectivity index (χ2v) is 9.51. The zero-order valence-corrected chi connectivity index (χ0v) is 20.1. The minimum Gasteiger partial charge on any atom is -0.511 e. The number of thioether (sulfide) groups is 1. The lowest BCUT2D eigenvalue weighted by atomic mass is 9.86. The quantitative estimate of drug-likeness (QED) is 0.368. The molecule has 0 amide bonds. The molecule has 0 saturated carbocycles. The summed E-state index contributed by atoms with van der Waals surface area (Å²) in [6.45, 7) is 10.5. The van der Waals surface area contributed by atoms with Crippen LogP contribution in [-0.2, 0) is 28.8 Å². The zero-order chi connectivity index (χ0) is 22.5. The molecule has 0 bridgehead atoms. The molecular formula is C27H34O3S. The first kappa shape index (κ1) is 23.5. The van der Waals surface area contributed by atoms with Crippen LogP contribution in [0.1, 0.15) is 61.9 Å². The molecule has 0 aromatic heterocycles. The van der Waals surface area contributed by atoms with E-state index in [1.165, 1.54) is 16.0 Å². The summed E-state index contributed by atoms with van der Waals surface area (Å²) in [7, 11) is 0. The van der Waals surface area contributed by atoms with Crippen LogP contribution in [0.15, 0.2) is 47.1 Å².